The topological polar surface area (TPSA) is 34.0 Å². The van der Waals surface area contributed by atoms with E-state index in [9.17, 15) is 18.0 Å². The van der Waals surface area contributed by atoms with E-state index in [4.69, 9.17) is 0 Å². The molecular formula is C15H15F3N2O. The average Bonchev–Trinajstić information content (AvgIpc) is 2.84. The summed E-state index contributed by atoms with van der Waals surface area (Å²) >= 11 is 0. The molecule has 6 heteroatoms. The van der Waals surface area contributed by atoms with Gasteiger partial charge in [0.05, 0.1) is 11.6 Å². The van der Waals surface area contributed by atoms with Crippen LogP contribution in [0.2, 0.25) is 0 Å². The van der Waals surface area contributed by atoms with Crippen LogP contribution in [0.3, 0.4) is 0 Å². The largest absolute Gasteiger partial charge is 0.416 e. The molecule has 1 N–H and O–H groups in total. The molecule has 0 saturated carbocycles. The minimum absolute atomic E-state index is 0.326. The fraction of sp³-hybridized carbons (Fsp3) is 0.267. The summed E-state index contributed by atoms with van der Waals surface area (Å²) in [4.78, 5) is 12.0. The molecule has 2 rings (SSSR count). The summed E-state index contributed by atoms with van der Waals surface area (Å²) in [6.45, 7) is 1.65. The molecule has 2 aromatic rings. The molecule has 1 unspecified atom stereocenters. The van der Waals surface area contributed by atoms with E-state index in [1.807, 2.05) is 0 Å². The molecule has 21 heavy (non-hydrogen) atoms. The molecule has 0 aliphatic heterocycles. The van der Waals surface area contributed by atoms with Gasteiger partial charge in [-0.1, -0.05) is 12.1 Å². The SMILES string of the molecule is CC(NC(=O)c1cccn1C)c1cccc(C(F)(F)F)c1. The average molecular weight is 296 g/mol. The summed E-state index contributed by atoms with van der Waals surface area (Å²) < 4.78 is 39.7. The summed E-state index contributed by atoms with van der Waals surface area (Å²) in [5.41, 5.74) is 0.140. The predicted octanol–water partition coefficient (Wildman–Crippen LogP) is 3.53. The number of carbonyl (C=O) groups excluding carboxylic acids is 1. The first-order valence-electron chi connectivity index (χ1n) is 6.38. The minimum Gasteiger partial charge on any atom is -0.347 e. The maximum Gasteiger partial charge on any atom is 0.416 e. The minimum atomic E-state index is -4.39. The van der Waals surface area contributed by atoms with Gasteiger partial charge in [0.1, 0.15) is 5.69 Å². The van der Waals surface area contributed by atoms with Gasteiger partial charge in [-0.15, -0.1) is 0 Å². The van der Waals surface area contributed by atoms with Crippen molar-refractivity contribution in [3.63, 3.8) is 0 Å². The van der Waals surface area contributed by atoms with Crippen molar-refractivity contribution in [1.29, 1.82) is 0 Å². The van der Waals surface area contributed by atoms with Crippen molar-refractivity contribution in [2.75, 3.05) is 0 Å². The van der Waals surface area contributed by atoms with Crippen LogP contribution in [-0.4, -0.2) is 10.5 Å². The van der Waals surface area contributed by atoms with E-state index >= 15 is 0 Å². The molecule has 0 fully saturated rings. The molecule has 112 valence electrons. The molecule has 1 aromatic heterocycles. The number of amides is 1. The highest BCUT2D eigenvalue weighted by Gasteiger charge is 2.30. The zero-order chi connectivity index (χ0) is 15.6. The highest BCUT2D eigenvalue weighted by molar-refractivity contribution is 5.92. The van der Waals surface area contributed by atoms with Gasteiger partial charge in [0.15, 0.2) is 0 Å². The second kappa shape index (κ2) is 5.63. The molecule has 0 aliphatic rings. The third-order valence-electron chi connectivity index (χ3n) is 3.24. The normalized spacial score (nSPS) is 13.0. The van der Waals surface area contributed by atoms with Crippen molar-refractivity contribution < 1.29 is 18.0 Å². The standard InChI is InChI=1S/C15H15F3N2O/c1-10(19-14(21)13-7-4-8-20(13)2)11-5-3-6-12(9-11)15(16,17)18/h3-10H,1-2H3,(H,19,21). The van der Waals surface area contributed by atoms with E-state index in [0.717, 1.165) is 12.1 Å². The van der Waals surface area contributed by atoms with Crippen LogP contribution in [0.25, 0.3) is 0 Å². The number of aromatic nitrogens is 1. The van der Waals surface area contributed by atoms with Gasteiger partial charge in [-0.2, -0.15) is 13.2 Å². The zero-order valence-electron chi connectivity index (χ0n) is 11.6. The van der Waals surface area contributed by atoms with Gasteiger partial charge in [-0.3, -0.25) is 4.79 Å². The Morgan fingerprint density at radius 2 is 1.95 bits per heavy atom. The number of carbonyl (C=O) groups is 1. The molecule has 0 spiro atoms. The Morgan fingerprint density at radius 1 is 1.24 bits per heavy atom. The first kappa shape index (κ1) is 15.2. The molecule has 0 aliphatic carbocycles. The Bertz CT molecular complexity index is 646. The number of alkyl halides is 3. The fourth-order valence-electron chi connectivity index (χ4n) is 2.04. The van der Waals surface area contributed by atoms with Gasteiger partial charge in [-0.25, -0.2) is 0 Å². The van der Waals surface area contributed by atoms with Crippen LogP contribution in [0.4, 0.5) is 13.2 Å². The maximum atomic E-state index is 12.7. The van der Waals surface area contributed by atoms with E-state index < -0.39 is 17.8 Å². The molecule has 1 heterocycles. The van der Waals surface area contributed by atoms with Crippen molar-refractivity contribution in [2.45, 2.75) is 19.1 Å². The predicted molar refractivity (Wildman–Crippen MR) is 72.7 cm³/mol. The van der Waals surface area contributed by atoms with E-state index in [2.05, 4.69) is 5.32 Å². The van der Waals surface area contributed by atoms with Crippen LogP contribution in [-0.2, 0) is 13.2 Å². The molecule has 1 aromatic carbocycles. The molecular weight excluding hydrogens is 281 g/mol. The third-order valence-corrected chi connectivity index (χ3v) is 3.24. The van der Waals surface area contributed by atoms with Gasteiger partial charge < -0.3 is 9.88 Å². The van der Waals surface area contributed by atoms with Crippen LogP contribution in [0.5, 0.6) is 0 Å². The summed E-state index contributed by atoms with van der Waals surface area (Å²) in [6.07, 6.45) is -2.66. The number of hydrogen-bond donors (Lipinski definition) is 1. The highest BCUT2D eigenvalue weighted by atomic mass is 19.4. The first-order valence-corrected chi connectivity index (χ1v) is 6.38. The lowest BCUT2D eigenvalue weighted by molar-refractivity contribution is -0.137. The Hall–Kier alpha value is -2.24. The van der Waals surface area contributed by atoms with Gasteiger partial charge in [0.25, 0.3) is 5.91 Å². The van der Waals surface area contributed by atoms with Crippen LogP contribution in [0.1, 0.15) is 34.6 Å². The number of benzene rings is 1. The number of nitrogens with zero attached hydrogens (tertiary/aromatic N) is 1. The summed E-state index contributed by atoms with van der Waals surface area (Å²) in [5, 5.41) is 2.69. The molecule has 1 atom stereocenters. The van der Waals surface area contributed by atoms with Crippen LogP contribution in [0, 0.1) is 0 Å². The third kappa shape index (κ3) is 3.45. The quantitative estimate of drug-likeness (QED) is 0.923. The highest BCUT2D eigenvalue weighted by Crippen LogP contribution is 2.30. The van der Waals surface area contributed by atoms with E-state index in [1.165, 1.54) is 6.07 Å². The number of aryl methyl sites for hydroxylation is 1. The van der Waals surface area contributed by atoms with Crippen LogP contribution >= 0.6 is 0 Å². The lowest BCUT2D eigenvalue weighted by Gasteiger charge is -2.16. The van der Waals surface area contributed by atoms with E-state index in [0.29, 0.717) is 11.3 Å². The van der Waals surface area contributed by atoms with Crippen molar-refractivity contribution in [2.24, 2.45) is 7.05 Å². The smallest absolute Gasteiger partial charge is 0.347 e. The Balaban J connectivity index is 2.16. The van der Waals surface area contributed by atoms with Gasteiger partial charge in [0.2, 0.25) is 0 Å². The molecule has 0 radical (unpaired) electrons. The van der Waals surface area contributed by atoms with Crippen LogP contribution < -0.4 is 5.32 Å². The van der Waals surface area contributed by atoms with Gasteiger partial charge in [-0.05, 0) is 36.8 Å². The second-order valence-corrected chi connectivity index (χ2v) is 4.82. The lowest BCUT2D eigenvalue weighted by atomic mass is 10.0. The number of rotatable bonds is 3. The summed E-state index contributed by atoms with van der Waals surface area (Å²) in [5.74, 6) is -0.326. The molecule has 0 bridgehead atoms. The number of halogens is 3. The summed E-state index contributed by atoms with van der Waals surface area (Å²) in [7, 11) is 1.73. The van der Waals surface area contributed by atoms with Crippen LogP contribution in [0.15, 0.2) is 42.6 Å². The van der Waals surface area contributed by atoms with Crippen molar-refractivity contribution in [3.05, 3.63) is 59.4 Å². The molecule has 3 nitrogen and oxygen atoms in total. The summed E-state index contributed by atoms with van der Waals surface area (Å²) in [6, 6.07) is 7.81. The Kier molecular flexibility index (Phi) is 4.06. The molecule has 1 amide bonds. The number of nitrogens with one attached hydrogen (secondary N) is 1. The molecule has 0 saturated heterocycles. The first-order chi connectivity index (χ1) is 9.79. The van der Waals surface area contributed by atoms with Crippen molar-refractivity contribution in [1.82, 2.24) is 9.88 Å². The van der Waals surface area contributed by atoms with Gasteiger partial charge in [0, 0.05) is 13.2 Å². The lowest BCUT2D eigenvalue weighted by Crippen LogP contribution is -2.28. The number of hydrogen-bond acceptors (Lipinski definition) is 1. The second-order valence-electron chi connectivity index (χ2n) is 4.82. The van der Waals surface area contributed by atoms with Crippen molar-refractivity contribution >= 4 is 5.91 Å². The Labute approximate surface area is 120 Å². The fourth-order valence-corrected chi connectivity index (χ4v) is 2.04. The van der Waals surface area contributed by atoms with E-state index in [-0.39, 0.29) is 5.91 Å². The zero-order valence-corrected chi connectivity index (χ0v) is 11.6. The monoisotopic (exact) mass is 296 g/mol. The maximum absolute atomic E-state index is 12.7. The Morgan fingerprint density at radius 3 is 2.52 bits per heavy atom. The van der Waals surface area contributed by atoms with E-state index in [1.54, 1.807) is 42.9 Å². The van der Waals surface area contributed by atoms with Crippen molar-refractivity contribution in [3.8, 4) is 0 Å². The van der Waals surface area contributed by atoms with Gasteiger partial charge >= 0.3 is 6.18 Å².